The molecule has 0 spiro atoms. The van der Waals surface area contributed by atoms with Crippen LogP contribution in [0.5, 0.6) is 17.2 Å². The predicted molar refractivity (Wildman–Crippen MR) is 122 cm³/mol. The number of hydrogen-bond acceptors (Lipinski definition) is 5. The van der Waals surface area contributed by atoms with Gasteiger partial charge in [-0.25, -0.2) is 4.79 Å². The fourth-order valence-corrected chi connectivity index (χ4v) is 3.18. The zero-order chi connectivity index (χ0) is 21.6. The summed E-state index contributed by atoms with van der Waals surface area (Å²) in [7, 11) is 1.61. The average Bonchev–Trinajstić information content (AvgIpc) is 2.80. The molecule has 0 bridgehead atoms. The molecule has 31 heavy (non-hydrogen) atoms. The topological polar surface area (TPSA) is 98.5 Å². The van der Waals surface area contributed by atoms with Gasteiger partial charge in [0, 0.05) is 41.1 Å². The minimum atomic E-state index is -0.316. The van der Waals surface area contributed by atoms with Crippen molar-refractivity contribution >= 4 is 28.3 Å². The Morgan fingerprint density at radius 2 is 1.65 bits per heavy atom. The number of nitrogens with one attached hydrogen (secondary N) is 2. The van der Waals surface area contributed by atoms with Crippen LogP contribution in [0.25, 0.3) is 10.9 Å². The van der Waals surface area contributed by atoms with E-state index in [0.29, 0.717) is 29.5 Å². The molecular formula is C24H22N4O3. The molecule has 0 saturated heterocycles. The van der Waals surface area contributed by atoms with Gasteiger partial charge in [-0.2, -0.15) is 0 Å². The van der Waals surface area contributed by atoms with Crippen LogP contribution in [0.2, 0.25) is 0 Å². The minimum absolute atomic E-state index is 0.316. The number of benzene rings is 3. The first-order valence-corrected chi connectivity index (χ1v) is 9.73. The zero-order valence-corrected chi connectivity index (χ0v) is 17.0. The van der Waals surface area contributed by atoms with Gasteiger partial charge >= 0.3 is 6.03 Å². The quantitative estimate of drug-likeness (QED) is 0.406. The number of hydrogen-bond donors (Lipinski definition) is 3. The second-order valence-corrected chi connectivity index (χ2v) is 6.77. The highest BCUT2D eigenvalue weighted by Gasteiger charge is 2.10. The van der Waals surface area contributed by atoms with Gasteiger partial charge in [0.25, 0.3) is 0 Å². The molecule has 0 aliphatic carbocycles. The molecule has 0 fully saturated rings. The van der Waals surface area contributed by atoms with E-state index in [0.717, 1.165) is 22.2 Å². The number of nitrogens with zero attached hydrogens (tertiary/aromatic N) is 1. The highest BCUT2D eigenvalue weighted by molar-refractivity contribution is 5.99. The molecule has 0 atom stereocenters. The molecule has 1 heterocycles. The van der Waals surface area contributed by atoms with Crippen LogP contribution >= 0.6 is 0 Å². The number of methoxy groups -OCH3 is 1. The van der Waals surface area contributed by atoms with E-state index in [1.54, 1.807) is 43.6 Å². The number of amides is 2. The molecule has 4 rings (SSSR count). The van der Waals surface area contributed by atoms with Crippen LogP contribution < -0.4 is 25.8 Å². The number of aromatic nitrogens is 1. The third-order valence-electron chi connectivity index (χ3n) is 4.70. The first-order chi connectivity index (χ1) is 15.2. The van der Waals surface area contributed by atoms with E-state index < -0.39 is 0 Å². The van der Waals surface area contributed by atoms with Gasteiger partial charge < -0.3 is 25.8 Å². The zero-order valence-electron chi connectivity index (χ0n) is 17.0. The Hall–Kier alpha value is -4.10. The maximum absolute atomic E-state index is 12.1. The molecule has 7 heteroatoms. The number of carbonyl (C=O) groups is 1. The number of rotatable bonds is 6. The first kappa shape index (κ1) is 20.2. The Morgan fingerprint density at radius 1 is 0.935 bits per heavy atom. The molecule has 1 aromatic heterocycles. The molecule has 4 N–H and O–H groups in total. The minimum Gasteiger partial charge on any atom is -0.496 e. The third-order valence-corrected chi connectivity index (χ3v) is 4.70. The lowest BCUT2D eigenvalue weighted by atomic mass is 10.1. The monoisotopic (exact) mass is 414 g/mol. The van der Waals surface area contributed by atoms with Gasteiger partial charge in [-0.05, 0) is 48.5 Å². The van der Waals surface area contributed by atoms with E-state index in [4.69, 9.17) is 15.2 Å². The van der Waals surface area contributed by atoms with Crippen molar-refractivity contribution in [3.63, 3.8) is 0 Å². The van der Waals surface area contributed by atoms with E-state index in [-0.39, 0.29) is 6.03 Å². The summed E-state index contributed by atoms with van der Waals surface area (Å²) in [6, 6.07) is 21.6. The van der Waals surface area contributed by atoms with Crippen LogP contribution in [0.4, 0.5) is 16.2 Å². The summed E-state index contributed by atoms with van der Waals surface area (Å²) in [4.78, 5) is 16.5. The summed E-state index contributed by atoms with van der Waals surface area (Å²) in [5.74, 6) is 1.99. The molecule has 0 saturated carbocycles. The van der Waals surface area contributed by atoms with Crippen molar-refractivity contribution in [2.75, 3.05) is 17.7 Å². The maximum atomic E-state index is 12.1. The second-order valence-electron chi connectivity index (χ2n) is 6.77. The molecule has 3 aromatic carbocycles. The van der Waals surface area contributed by atoms with E-state index in [2.05, 4.69) is 15.6 Å². The number of fused-ring (bicyclic) bond motifs is 1. The predicted octanol–water partition coefficient (Wildman–Crippen LogP) is 5.14. The number of nitrogens with two attached hydrogens (primary N) is 1. The summed E-state index contributed by atoms with van der Waals surface area (Å²) in [5, 5.41) is 6.41. The lowest BCUT2D eigenvalue weighted by Crippen LogP contribution is -2.19. The Labute approximate surface area is 179 Å². The largest absolute Gasteiger partial charge is 0.496 e. The molecule has 2 amide bonds. The summed E-state index contributed by atoms with van der Waals surface area (Å²) in [6.45, 7) is 0.346. The molecule has 0 unspecified atom stereocenters. The summed E-state index contributed by atoms with van der Waals surface area (Å²) in [6.07, 6.45) is 1.68. The normalized spacial score (nSPS) is 10.5. The molecule has 4 aromatic rings. The Kier molecular flexibility index (Phi) is 5.96. The Bertz CT molecular complexity index is 1190. The van der Waals surface area contributed by atoms with Gasteiger partial charge in [-0.1, -0.05) is 18.2 Å². The van der Waals surface area contributed by atoms with Gasteiger partial charge in [-0.3, -0.25) is 4.98 Å². The van der Waals surface area contributed by atoms with Crippen molar-refractivity contribution in [2.45, 2.75) is 6.54 Å². The van der Waals surface area contributed by atoms with Crippen molar-refractivity contribution in [3.8, 4) is 17.2 Å². The van der Waals surface area contributed by atoms with Crippen molar-refractivity contribution in [1.82, 2.24) is 4.98 Å². The molecule has 0 radical (unpaired) electrons. The van der Waals surface area contributed by atoms with Crippen LogP contribution in [0, 0.1) is 0 Å². The van der Waals surface area contributed by atoms with E-state index in [1.165, 1.54) is 0 Å². The van der Waals surface area contributed by atoms with Gasteiger partial charge in [0.15, 0.2) is 0 Å². The third kappa shape index (κ3) is 4.73. The number of carbonyl (C=O) groups excluding carboxylic acids is 1. The van der Waals surface area contributed by atoms with Crippen molar-refractivity contribution in [3.05, 3.63) is 84.6 Å². The summed E-state index contributed by atoms with van der Waals surface area (Å²) in [5.41, 5.74) is 8.84. The number of anilines is 2. The van der Waals surface area contributed by atoms with Crippen LogP contribution in [0.15, 0.2) is 79.0 Å². The Morgan fingerprint density at radius 3 is 2.32 bits per heavy atom. The highest BCUT2D eigenvalue weighted by Crippen LogP contribution is 2.33. The summed E-state index contributed by atoms with van der Waals surface area (Å²) >= 11 is 0. The van der Waals surface area contributed by atoms with Crippen molar-refractivity contribution in [1.29, 1.82) is 0 Å². The first-order valence-electron chi connectivity index (χ1n) is 9.73. The van der Waals surface area contributed by atoms with E-state index >= 15 is 0 Å². The van der Waals surface area contributed by atoms with Gasteiger partial charge in [0.2, 0.25) is 0 Å². The molecule has 7 nitrogen and oxygen atoms in total. The maximum Gasteiger partial charge on any atom is 0.323 e. The number of pyridine rings is 1. The number of para-hydroxylation sites is 1. The van der Waals surface area contributed by atoms with Gasteiger partial charge in [0.05, 0.1) is 12.6 Å². The van der Waals surface area contributed by atoms with Crippen LogP contribution in [0.3, 0.4) is 0 Å². The van der Waals surface area contributed by atoms with Crippen LogP contribution in [-0.4, -0.2) is 18.1 Å². The molecule has 156 valence electrons. The van der Waals surface area contributed by atoms with Gasteiger partial charge in [0.1, 0.15) is 17.2 Å². The van der Waals surface area contributed by atoms with Crippen LogP contribution in [0.1, 0.15) is 5.56 Å². The SMILES string of the molecule is COc1cc2nccc(Oc3ccc(NC(=O)Nc4ccccc4)cc3)c2cc1CN. The lowest BCUT2D eigenvalue weighted by Gasteiger charge is -2.13. The highest BCUT2D eigenvalue weighted by atomic mass is 16.5. The van der Waals surface area contributed by atoms with Crippen LogP contribution in [-0.2, 0) is 6.54 Å². The average molecular weight is 414 g/mol. The lowest BCUT2D eigenvalue weighted by molar-refractivity contribution is 0.262. The molecule has 0 aliphatic heterocycles. The van der Waals surface area contributed by atoms with Gasteiger partial charge in [-0.15, -0.1) is 0 Å². The molecular weight excluding hydrogens is 392 g/mol. The number of urea groups is 1. The van der Waals surface area contributed by atoms with Crippen molar-refractivity contribution in [2.24, 2.45) is 5.73 Å². The fraction of sp³-hybridized carbons (Fsp3) is 0.0833. The van der Waals surface area contributed by atoms with Crippen molar-refractivity contribution < 1.29 is 14.3 Å². The van der Waals surface area contributed by atoms with E-state index in [1.807, 2.05) is 42.5 Å². The summed E-state index contributed by atoms with van der Waals surface area (Å²) < 4.78 is 11.5. The standard InChI is InChI=1S/C24H22N4O3/c1-30-23-14-21-20(13-16(23)15-25)22(11-12-26-21)31-19-9-7-18(8-10-19)28-24(29)27-17-5-3-2-4-6-17/h2-14H,15,25H2,1H3,(H2,27,28,29). The molecule has 0 aliphatic rings. The Balaban J connectivity index is 1.49. The number of ether oxygens (including phenoxy) is 2. The second kappa shape index (κ2) is 9.15. The smallest absolute Gasteiger partial charge is 0.323 e. The van der Waals surface area contributed by atoms with E-state index in [9.17, 15) is 4.79 Å². The fourth-order valence-electron chi connectivity index (χ4n) is 3.18.